The average Bonchev–Trinajstić information content (AvgIpc) is 3.34. The summed E-state index contributed by atoms with van der Waals surface area (Å²) in [5, 5.41) is 1.07. The van der Waals surface area contributed by atoms with Crippen LogP contribution in [-0.2, 0) is 9.47 Å². The van der Waals surface area contributed by atoms with Gasteiger partial charge in [0.1, 0.15) is 35.8 Å². The number of carbonyl (C=O) groups is 1. The number of anilines is 1. The number of hydrogen-bond donors (Lipinski definition) is 0. The number of hydrogen-bond acceptors (Lipinski definition) is 9. The topological polar surface area (TPSA) is 89.5 Å². The Hall–Kier alpha value is -3.48. The van der Waals surface area contributed by atoms with Crippen molar-refractivity contribution in [3.8, 4) is 22.9 Å². The summed E-state index contributed by atoms with van der Waals surface area (Å²) in [6.45, 7) is 8.12. The van der Waals surface area contributed by atoms with E-state index < -0.39 is 17.6 Å². The van der Waals surface area contributed by atoms with Crippen molar-refractivity contribution < 1.29 is 32.5 Å². The Morgan fingerprint density at radius 2 is 1.88 bits per heavy atom. The van der Waals surface area contributed by atoms with Crippen LogP contribution in [0.25, 0.3) is 22.0 Å². The number of likely N-dealkylation sites (tertiary alicyclic amines) is 1. The molecule has 50 heavy (non-hydrogen) atoms. The van der Waals surface area contributed by atoms with E-state index in [4.69, 9.17) is 40.5 Å². The second-order valence-corrected chi connectivity index (χ2v) is 16.0. The first-order valence-corrected chi connectivity index (χ1v) is 18.0. The molecule has 1 saturated carbocycles. The molecule has 8 rings (SSSR count). The summed E-state index contributed by atoms with van der Waals surface area (Å²) in [6.07, 6.45) is 3.74. The smallest absolute Gasteiger partial charge is 0.410 e. The highest BCUT2D eigenvalue weighted by Gasteiger charge is 2.50. The molecule has 13 heteroatoms. The molecule has 0 unspecified atom stereocenters. The molecule has 4 saturated heterocycles. The molecule has 5 fully saturated rings. The van der Waals surface area contributed by atoms with Crippen molar-refractivity contribution in [2.75, 3.05) is 51.6 Å². The van der Waals surface area contributed by atoms with E-state index in [9.17, 15) is 9.18 Å². The molecule has 10 nitrogen and oxygen atoms in total. The number of halogens is 3. The Morgan fingerprint density at radius 1 is 1.06 bits per heavy atom. The molecule has 0 spiro atoms. The summed E-state index contributed by atoms with van der Waals surface area (Å²) < 4.78 is 54.0. The fourth-order valence-corrected chi connectivity index (χ4v) is 8.90. The number of benzene rings is 2. The van der Waals surface area contributed by atoms with Crippen LogP contribution in [0.1, 0.15) is 70.8 Å². The molecule has 0 N–H and O–H groups in total. The van der Waals surface area contributed by atoms with Crippen LogP contribution in [0.15, 0.2) is 24.3 Å². The molecule has 2 bridgehead atoms. The van der Waals surface area contributed by atoms with Crippen molar-refractivity contribution in [1.29, 1.82) is 0 Å². The average molecular weight is 712 g/mol. The molecule has 1 aliphatic carbocycles. The zero-order valence-corrected chi connectivity index (χ0v) is 29.8. The predicted octanol–water partition coefficient (Wildman–Crippen LogP) is 7.10. The second-order valence-electron chi connectivity index (χ2n) is 15.6. The lowest BCUT2D eigenvalue weighted by Gasteiger charge is -2.36. The quantitative estimate of drug-likeness (QED) is 0.216. The summed E-state index contributed by atoms with van der Waals surface area (Å²) in [5.41, 5.74) is 1.44. The number of methoxy groups -OCH3 is 1. The van der Waals surface area contributed by atoms with Gasteiger partial charge in [-0.05, 0) is 101 Å². The molecule has 2 aromatic carbocycles. The molecular weight excluding hydrogens is 668 g/mol. The Balaban J connectivity index is 1.18. The number of piperazine rings is 1. The van der Waals surface area contributed by atoms with Crippen molar-refractivity contribution >= 4 is 34.4 Å². The van der Waals surface area contributed by atoms with E-state index in [0.29, 0.717) is 64.7 Å². The Kier molecular flexibility index (Phi) is 8.50. The summed E-state index contributed by atoms with van der Waals surface area (Å²) in [5.74, 6) is 0.836. The number of ether oxygens (including phenoxy) is 4. The van der Waals surface area contributed by atoms with Crippen LogP contribution < -0.4 is 14.4 Å². The normalized spacial score (nSPS) is 26.3. The fraction of sp³-hybridized carbons (Fsp3) is 0.595. The van der Waals surface area contributed by atoms with Crippen LogP contribution in [0.3, 0.4) is 0 Å². The number of amides is 1. The van der Waals surface area contributed by atoms with Crippen LogP contribution >= 0.6 is 11.6 Å². The van der Waals surface area contributed by atoms with Crippen LogP contribution in [0, 0.1) is 5.82 Å². The van der Waals surface area contributed by atoms with Gasteiger partial charge in [0.25, 0.3) is 0 Å². The minimum atomic E-state index is -0.887. The van der Waals surface area contributed by atoms with Crippen molar-refractivity contribution in [3.05, 3.63) is 40.7 Å². The third-order valence-electron chi connectivity index (χ3n) is 10.8. The van der Waals surface area contributed by atoms with Crippen LogP contribution in [0.2, 0.25) is 5.02 Å². The van der Waals surface area contributed by atoms with E-state index in [1.807, 2.05) is 26.8 Å². The summed E-state index contributed by atoms with van der Waals surface area (Å²) >= 11 is 6.81. The number of alkyl halides is 1. The molecule has 268 valence electrons. The fourth-order valence-electron chi connectivity index (χ4n) is 8.53. The van der Waals surface area contributed by atoms with Gasteiger partial charge in [-0.25, -0.2) is 13.6 Å². The second kappa shape index (κ2) is 12.6. The van der Waals surface area contributed by atoms with Gasteiger partial charge >= 0.3 is 12.1 Å². The molecule has 0 radical (unpaired) electrons. The number of fused-ring (bicyclic) bond motifs is 4. The number of aromatic nitrogens is 2. The lowest BCUT2D eigenvalue weighted by molar-refractivity contribution is 0.0214. The predicted molar refractivity (Wildman–Crippen MR) is 185 cm³/mol. The minimum absolute atomic E-state index is 0.0292. The number of rotatable bonds is 9. The molecule has 4 atom stereocenters. The van der Waals surface area contributed by atoms with Crippen molar-refractivity contribution in [2.45, 2.75) is 94.6 Å². The first-order chi connectivity index (χ1) is 23.9. The Morgan fingerprint density at radius 3 is 2.60 bits per heavy atom. The van der Waals surface area contributed by atoms with E-state index in [1.54, 1.807) is 17.0 Å². The SMILES string of the molecule is COCOc1cc(Cl)c(C2CC2)c(-c2cc3nc(OC[C@@]45CCCN4C[C@H](F)C5)nc(N4C[C@H]5C[C@@H]4CN5C(=O)OC(C)(C)C)c3cc2F)c1. The third kappa shape index (κ3) is 6.21. The first kappa shape index (κ1) is 33.7. The Bertz CT molecular complexity index is 1820. The van der Waals surface area contributed by atoms with Crippen molar-refractivity contribution in [2.24, 2.45) is 0 Å². The van der Waals surface area contributed by atoms with E-state index in [1.165, 1.54) is 13.2 Å². The van der Waals surface area contributed by atoms with Gasteiger partial charge in [0.15, 0.2) is 6.79 Å². The first-order valence-electron chi connectivity index (χ1n) is 17.7. The zero-order chi connectivity index (χ0) is 34.9. The largest absolute Gasteiger partial charge is 0.467 e. The van der Waals surface area contributed by atoms with Crippen LogP contribution in [0.4, 0.5) is 19.4 Å². The molecule has 1 amide bonds. The van der Waals surface area contributed by atoms with Gasteiger partial charge < -0.3 is 28.7 Å². The maximum atomic E-state index is 16.5. The van der Waals surface area contributed by atoms with Gasteiger partial charge in [0, 0.05) is 49.1 Å². The molecule has 5 aliphatic rings. The zero-order valence-electron chi connectivity index (χ0n) is 29.0. The molecule has 5 heterocycles. The lowest BCUT2D eigenvalue weighted by Crippen LogP contribution is -2.50. The maximum Gasteiger partial charge on any atom is 0.410 e. The molecule has 1 aromatic heterocycles. The molecule has 3 aromatic rings. The van der Waals surface area contributed by atoms with E-state index >= 15 is 4.39 Å². The number of carbonyl (C=O) groups excluding carboxylic acids is 1. The summed E-state index contributed by atoms with van der Waals surface area (Å²) in [7, 11) is 1.54. The highest BCUT2D eigenvalue weighted by Crippen LogP contribution is 2.50. The van der Waals surface area contributed by atoms with E-state index in [2.05, 4.69) is 9.80 Å². The van der Waals surface area contributed by atoms with E-state index in [-0.39, 0.29) is 49.0 Å². The summed E-state index contributed by atoms with van der Waals surface area (Å²) in [4.78, 5) is 28.9. The van der Waals surface area contributed by atoms with Gasteiger partial charge in [0.2, 0.25) is 0 Å². The van der Waals surface area contributed by atoms with Gasteiger partial charge in [-0.2, -0.15) is 9.97 Å². The Labute approximate surface area is 296 Å². The standard InChI is InChI=1S/C37H44ClF2N5O5/c1-36(2,3)50-35(46)45-18-23-10-24(45)17-44(23)33-28-13-30(40)26(27-11-25(49-20-47-4)12-29(38)32(27)21-6-7-21)14-31(28)41-34(42-33)48-19-37-8-5-9-43(37)16-22(39)15-37/h11-14,21-24H,5-10,15-20H2,1-4H3/t22-,23-,24-,37+/m1/s1. The van der Waals surface area contributed by atoms with Gasteiger partial charge in [-0.15, -0.1) is 0 Å². The van der Waals surface area contributed by atoms with Crippen molar-refractivity contribution in [1.82, 2.24) is 19.8 Å². The monoisotopic (exact) mass is 711 g/mol. The maximum absolute atomic E-state index is 16.5. The van der Waals surface area contributed by atoms with Gasteiger partial charge in [-0.1, -0.05) is 11.6 Å². The third-order valence-corrected chi connectivity index (χ3v) is 11.2. The highest BCUT2D eigenvalue weighted by molar-refractivity contribution is 6.32. The van der Waals surface area contributed by atoms with Crippen molar-refractivity contribution in [3.63, 3.8) is 0 Å². The highest BCUT2D eigenvalue weighted by atomic mass is 35.5. The molecule has 4 aliphatic heterocycles. The lowest BCUT2D eigenvalue weighted by atomic mass is 9.94. The van der Waals surface area contributed by atoms with E-state index in [0.717, 1.165) is 44.2 Å². The van der Waals surface area contributed by atoms with Gasteiger partial charge in [-0.3, -0.25) is 4.90 Å². The molecular formula is C37H44ClF2N5O5. The minimum Gasteiger partial charge on any atom is -0.467 e. The summed E-state index contributed by atoms with van der Waals surface area (Å²) in [6, 6.07) is 6.86. The van der Waals surface area contributed by atoms with Crippen LogP contribution in [-0.4, -0.2) is 102 Å². The van der Waals surface area contributed by atoms with Crippen LogP contribution in [0.5, 0.6) is 11.8 Å². The van der Waals surface area contributed by atoms with Gasteiger partial charge in [0.05, 0.1) is 23.1 Å². The number of nitrogens with zero attached hydrogens (tertiary/aromatic N) is 5.